The Morgan fingerprint density at radius 2 is 1.60 bits per heavy atom. The molecule has 1 saturated heterocycles. The molecule has 0 bridgehead atoms. The quantitative estimate of drug-likeness (QED) is 0.295. The van der Waals surface area contributed by atoms with Crippen LogP contribution < -0.4 is 19.7 Å². The molecule has 7 nitrogen and oxygen atoms in total. The summed E-state index contributed by atoms with van der Waals surface area (Å²) in [6.07, 6.45) is 1.62. The van der Waals surface area contributed by atoms with Crippen LogP contribution in [-0.4, -0.2) is 34.7 Å². The molecule has 1 aromatic heterocycles. The maximum atomic E-state index is 13.4. The molecule has 0 radical (unpaired) electrons. The molecule has 180 valence electrons. The fraction of sp³-hybridized carbons (Fsp3) is 0.222. The van der Waals surface area contributed by atoms with Crippen molar-refractivity contribution in [2.45, 2.75) is 27.7 Å². The van der Waals surface area contributed by atoms with Gasteiger partial charge in [-0.05, 0) is 94.0 Å². The molecule has 2 amide bonds. The molecule has 2 aromatic carbocycles. The monoisotopic (exact) mass is 489 g/mol. The molecular weight excluding hydrogens is 462 g/mol. The van der Waals surface area contributed by atoms with Crippen LogP contribution in [0.1, 0.15) is 30.8 Å². The largest absolute Gasteiger partial charge is 0.494 e. The van der Waals surface area contributed by atoms with Crippen LogP contribution in [0, 0.1) is 13.8 Å². The van der Waals surface area contributed by atoms with Gasteiger partial charge >= 0.3 is 0 Å². The van der Waals surface area contributed by atoms with E-state index in [1.165, 1.54) is 4.90 Å². The van der Waals surface area contributed by atoms with Gasteiger partial charge in [-0.1, -0.05) is 6.07 Å². The third-order valence-electron chi connectivity index (χ3n) is 5.66. The summed E-state index contributed by atoms with van der Waals surface area (Å²) in [6, 6.07) is 16.8. The number of carbonyl (C=O) groups is 2. The lowest BCUT2D eigenvalue weighted by Crippen LogP contribution is -2.54. The third-order valence-corrected chi connectivity index (χ3v) is 5.95. The van der Waals surface area contributed by atoms with E-state index < -0.39 is 11.8 Å². The standard InChI is InChI=1S/C27H27N3O4S/c1-5-33-22-12-10-20(11-13-22)29-17(3)14-19(18(29)4)15-24-25(31)28-27(35)30(26(24)32)21-8-7-9-23(16-21)34-6-2/h7-16H,5-6H2,1-4H3,(H,28,31,35)/b24-15+. The third kappa shape index (κ3) is 4.83. The number of thiocarbonyl (C=S) groups is 1. The van der Waals surface area contributed by atoms with Crippen molar-refractivity contribution in [2.75, 3.05) is 18.1 Å². The number of hydrogen-bond donors (Lipinski definition) is 1. The number of anilines is 1. The minimum Gasteiger partial charge on any atom is -0.494 e. The van der Waals surface area contributed by atoms with Crippen molar-refractivity contribution in [3.05, 3.63) is 77.1 Å². The Labute approximate surface area is 210 Å². The molecule has 0 aliphatic carbocycles. The van der Waals surface area contributed by atoms with Gasteiger partial charge in [-0.2, -0.15) is 0 Å². The predicted molar refractivity (Wildman–Crippen MR) is 140 cm³/mol. The molecule has 35 heavy (non-hydrogen) atoms. The summed E-state index contributed by atoms with van der Waals surface area (Å²) >= 11 is 5.32. The number of rotatable bonds is 7. The highest BCUT2D eigenvalue weighted by atomic mass is 32.1. The number of nitrogens with one attached hydrogen (secondary N) is 1. The average Bonchev–Trinajstić information content (AvgIpc) is 3.10. The second kappa shape index (κ2) is 10.1. The number of carbonyl (C=O) groups excluding carboxylic acids is 2. The van der Waals surface area contributed by atoms with E-state index >= 15 is 0 Å². The summed E-state index contributed by atoms with van der Waals surface area (Å²) < 4.78 is 13.2. The number of amides is 2. The van der Waals surface area contributed by atoms with E-state index in [0.29, 0.717) is 24.7 Å². The molecule has 1 aliphatic rings. The molecule has 0 atom stereocenters. The summed E-state index contributed by atoms with van der Waals surface area (Å²) in [6.45, 7) is 8.86. The molecule has 0 unspecified atom stereocenters. The van der Waals surface area contributed by atoms with Crippen molar-refractivity contribution >= 4 is 40.9 Å². The van der Waals surface area contributed by atoms with Crippen molar-refractivity contribution in [3.8, 4) is 17.2 Å². The van der Waals surface area contributed by atoms with Crippen LogP contribution in [-0.2, 0) is 9.59 Å². The first kappa shape index (κ1) is 24.2. The minimum absolute atomic E-state index is 0.00681. The highest BCUT2D eigenvalue weighted by Crippen LogP contribution is 2.28. The van der Waals surface area contributed by atoms with Crippen LogP contribution in [0.15, 0.2) is 60.2 Å². The predicted octanol–water partition coefficient (Wildman–Crippen LogP) is 4.72. The molecule has 1 N–H and O–H groups in total. The number of benzene rings is 2. The molecule has 1 aliphatic heterocycles. The SMILES string of the molecule is CCOc1ccc(-n2c(C)cc(/C=C3\C(=O)NC(=S)N(c4cccc(OCC)c4)C3=O)c2C)cc1. The van der Waals surface area contributed by atoms with Crippen molar-refractivity contribution < 1.29 is 19.1 Å². The Hall–Kier alpha value is -3.91. The Morgan fingerprint density at radius 1 is 0.914 bits per heavy atom. The van der Waals surface area contributed by atoms with Crippen LogP contribution >= 0.6 is 12.2 Å². The molecule has 0 saturated carbocycles. The lowest BCUT2D eigenvalue weighted by molar-refractivity contribution is -0.122. The van der Waals surface area contributed by atoms with Gasteiger partial charge in [0.2, 0.25) is 0 Å². The van der Waals surface area contributed by atoms with Crippen molar-refractivity contribution in [1.29, 1.82) is 0 Å². The molecule has 8 heteroatoms. The highest BCUT2D eigenvalue weighted by Gasteiger charge is 2.35. The first-order valence-electron chi connectivity index (χ1n) is 11.4. The topological polar surface area (TPSA) is 72.8 Å². The maximum Gasteiger partial charge on any atom is 0.270 e. The smallest absolute Gasteiger partial charge is 0.270 e. The fourth-order valence-electron chi connectivity index (χ4n) is 4.12. The number of aromatic nitrogens is 1. The van der Waals surface area contributed by atoms with Crippen molar-refractivity contribution in [1.82, 2.24) is 9.88 Å². The average molecular weight is 490 g/mol. The van der Waals surface area contributed by atoms with Crippen LogP contribution in [0.5, 0.6) is 11.5 Å². The van der Waals surface area contributed by atoms with Gasteiger partial charge < -0.3 is 14.0 Å². The second-order valence-corrected chi connectivity index (χ2v) is 8.36. The van der Waals surface area contributed by atoms with E-state index in [-0.39, 0.29) is 10.7 Å². The van der Waals surface area contributed by atoms with Gasteiger partial charge in [0.1, 0.15) is 17.1 Å². The van der Waals surface area contributed by atoms with Crippen molar-refractivity contribution in [3.63, 3.8) is 0 Å². The highest BCUT2D eigenvalue weighted by molar-refractivity contribution is 7.80. The first-order valence-corrected chi connectivity index (χ1v) is 11.8. The Bertz CT molecular complexity index is 1320. The number of hydrogen-bond acceptors (Lipinski definition) is 5. The summed E-state index contributed by atoms with van der Waals surface area (Å²) in [5, 5.41) is 2.67. The van der Waals surface area contributed by atoms with E-state index in [2.05, 4.69) is 9.88 Å². The van der Waals surface area contributed by atoms with E-state index in [1.807, 2.05) is 58.0 Å². The van der Waals surface area contributed by atoms with E-state index in [1.54, 1.807) is 30.3 Å². The zero-order chi connectivity index (χ0) is 25.1. The summed E-state index contributed by atoms with van der Waals surface area (Å²) in [5.74, 6) is 0.401. The van der Waals surface area contributed by atoms with E-state index in [9.17, 15) is 9.59 Å². The van der Waals surface area contributed by atoms with Gasteiger partial charge in [-0.3, -0.25) is 19.8 Å². The Balaban J connectivity index is 1.70. The zero-order valence-corrected chi connectivity index (χ0v) is 20.9. The molecular formula is C27H27N3O4S. The van der Waals surface area contributed by atoms with Gasteiger partial charge in [0.15, 0.2) is 5.11 Å². The number of ether oxygens (including phenoxy) is 2. The second-order valence-electron chi connectivity index (χ2n) is 7.98. The van der Waals surface area contributed by atoms with Gasteiger partial charge in [0.05, 0.1) is 18.9 Å². The molecule has 4 rings (SSSR count). The van der Waals surface area contributed by atoms with Crippen LogP contribution in [0.25, 0.3) is 11.8 Å². The molecule has 3 aromatic rings. The number of nitrogens with zero attached hydrogens (tertiary/aromatic N) is 2. The zero-order valence-electron chi connectivity index (χ0n) is 20.1. The fourth-order valence-corrected chi connectivity index (χ4v) is 4.40. The van der Waals surface area contributed by atoms with Crippen LogP contribution in [0.4, 0.5) is 5.69 Å². The Kier molecular flexibility index (Phi) is 7.02. The summed E-state index contributed by atoms with van der Waals surface area (Å²) in [4.78, 5) is 27.5. The maximum absolute atomic E-state index is 13.4. The van der Waals surface area contributed by atoms with Gasteiger partial charge in [0.25, 0.3) is 11.8 Å². The van der Waals surface area contributed by atoms with Gasteiger partial charge in [-0.15, -0.1) is 0 Å². The first-order chi connectivity index (χ1) is 16.8. The van der Waals surface area contributed by atoms with Crippen molar-refractivity contribution in [2.24, 2.45) is 0 Å². The summed E-state index contributed by atoms with van der Waals surface area (Å²) in [5.41, 5.74) is 4.13. The summed E-state index contributed by atoms with van der Waals surface area (Å²) in [7, 11) is 0. The van der Waals surface area contributed by atoms with E-state index in [0.717, 1.165) is 28.4 Å². The van der Waals surface area contributed by atoms with Crippen LogP contribution in [0.3, 0.4) is 0 Å². The molecule has 1 fully saturated rings. The normalized spacial score (nSPS) is 14.9. The van der Waals surface area contributed by atoms with Gasteiger partial charge in [0, 0.05) is 23.1 Å². The van der Waals surface area contributed by atoms with Gasteiger partial charge in [-0.25, -0.2) is 0 Å². The van der Waals surface area contributed by atoms with E-state index in [4.69, 9.17) is 21.7 Å². The molecule has 2 heterocycles. The Morgan fingerprint density at radius 3 is 2.29 bits per heavy atom. The lowest BCUT2D eigenvalue weighted by Gasteiger charge is -2.29. The molecule has 0 spiro atoms. The minimum atomic E-state index is -0.525. The van der Waals surface area contributed by atoms with Crippen LogP contribution in [0.2, 0.25) is 0 Å². The number of aryl methyl sites for hydroxylation is 1. The lowest BCUT2D eigenvalue weighted by atomic mass is 10.1.